The smallest absolute Gasteiger partial charge is 0.379 e. The van der Waals surface area contributed by atoms with Crippen LogP contribution in [-0.2, 0) is 9.57 Å². The van der Waals surface area contributed by atoms with Crippen LogP contribution in [0.1, 0.15) is 0 Å². The maximum atomic E-state index is 10.1. The van der Waals surface area contributed by atoms with E-state index in [0.29, 0.717) is 26.3 Å². The fraction of sp³-hybridized carbons (Fsp3) is 0.800. The summed E-state index contributed by atoms with van der Waals surface area (Å²) in [4.78, 5) is 14.5. The molecule has 0 radical (unpaired) electrons. The molecule has 0 aliphatic carbocycles. The number of ether oxygens (including phenoxy) is 1. The van der Waals surface area contributed by atoms with E-state index >= 15 is 0 Å². The molecule has 64 valence electrons. The molecule has 11 heavy (non-hydrogen) atoms. The van der Waals surface area contributed by atoms with Crippen LogP contribution in [0.2, 0.25) is 0 Å². The van der Waals surface area contributed by atoms with E-state index in [1.54, 1.807) is 5.01 Å². The molecule has 1 aliphatic heterocycles. The van der Waals surface area contributed by atoms with Gasteiger partial charge in [-0.1, -0.05) is 5.59 Å². The summed E-state index contributed by atoms with van der Waals surface area (Å²) in [7, 11) is 0. The molecule has 0 aromatic rings. The van der Waals surface area contributed by atoms with Crippen molar-refractivity contribution in [2.24, 2.45) is 5.73 Å². The van der Waals surface area contributed by atoms with Gasteiger partial charge in [-0.2, -0.15) is 0 Å². The Hall–Kier alpha value is -0.850. The van der Waals surface area contributed by atoms with Gasteiger partial charge in [0.15, 0.2) is 0 Å². The summed E-state index contributed by atoms with van der Waals surface area (Å²) in [5.41, 5.74) is 7.13. The first-order valence-corrected chi connectivity index (χ1v) is 3.33. The molecule has 1 aliphatic rings. The van der Waals surface area contributed by atoms with Crippen LogP contribution in [0.5, 0.6) is 0 Å². The van der Waals surface area contributed by atoms with Crippen molar-refractivity contribution in [1.29, 1.82) is 0 Å². The van der Waals surface area contributed by atoms with Crippen molar-refractivity contribution in [2.45, 2.75) is 0 Å². The minimum Gasteiger partial charge on any atom is -0.379 e. The Morgan fingerprint density at radius 3 is 2.73 bits per heavy atom. The average molecular weight is 161 g/mol. The minimum atomic E-state index is -0.837. The molecule has 0 spiro atoms. The SMILES string of the molecule is NC(=O)ONN1CCOCC1. The Bertz CT molecular complexity index is 135. The van der Waals surface area contributed by atoms with Crippen molar-refractivity contribution >= 4 is 6.09 Å². The standard InChI is InChI=1S/C5H11N3O3/c6-5(9)11-7-8-1-3-10-4-2-8/h7H,1-4H2,(H2,6,9). The van der Waals surface area contributed by atoms with Gasteiger partial charge in [-0.05, 0) is 0 Å². The monoisotopic (exact) mass is 161 g/mol. The van der Waals surface area contributed by atoms with Crippen molar-refractivity contribution in [1.82, 2.24) is 10.6 Å². The Morgan fingerprint density at radius 1 is 1.55 bits per heavy atom. The lowest BCUT2D eigenvalue weighted by Gasteiger charge is -2.25. The summed E-state index contributed by atoms with van der Waals surface area (Å²) >= 11 is 0. The third-order valence-corrected chi connectivity index (χ3v) is 1.29. The number of amides is 1. The van der Waals surface area contributed by atoms with Crippen molar-refractivity contribution in [3.05, 3.63) is 0 Å². The highest BCUT2D eigenvalue weighted by Crippen LogP contribution is 1.91. The average Bonchev–Trinajstić information content (AvgIpc) is 2.03. The third-order valence-electron chi connectivity index (χ3n) is 1.29. The molecule has 1 heterocycles. The van der Waals surface area contributed by atoms with Gasteiger partial charge in [0.2, 0.25) is 0 Å². The van der Waals surface area contributed by atoms with Gasteiger partial charge in [0.1, 0.15) is 0 Å². The second kappa shape index (κ2) is 4.12. The Morgan fingerprint density at radius 2 is 2.18 bits per heavy atom. The number of hydrogen-bond donors (Lipinski definition) is 2. The molecule has 0 aromatic heterocycles. The second-order valence-electron chi connectivity index (χ2n) is 2.11. The topological polar surface area (TPSA) is 76.8 Å². The van der Waals surface area contributed by atoms with E-state index in [-0.39, 0.29) is 0 Å². The molecule has 0 saturated carbocycles. The number of rotatable bonds is 2. The van der Waals surface area contributed by atoms with Gasteiger partial charge in [0, 0.05) is 13.1 Å². The predicted molar refractivity (Wildman–Crippen MR) is 36.2 cm³/mol. The van der Waals surface area contributed by atoms with Gasteiger partial charge >= 0.3 is 6.09 Å². The fourth-order valence-electron chi connectivity index (χ4n) is 0.764. The molecule has 0 atom stereocenters. The lowest BCUT2D eigenvalue weighted by atomic mass is 10.5. The summed E-state index contributed by atoms with van der Waals surface area (Å²) in [5, 5.41) is 1.72. The zero-order valence-corrected chi connectivity index (χ0v) is 6.08. The van der Waals surface area contributed by atoms with Crippen LogP contribution in [0.15, 0.2) is 0 Å². The van der Waals surface area contributed by atoms with Gasteiger partial charge in [-0.15, -0.1) is 0 Å². The van der Waals surface area contributed by atoms with E-state index in [2.05, 4.69) is 10.4 Å². The summed E-state index contributed by atoms with van der Waals surface area (Å²) in [5.74, 6) is 0. The molecule has 6 nitrogen and oxygen atoms in total. The number of nitrogens with two attached hydrogens (primary N) is 1. The van der Waals surface area contributed by atoms with Gasteiger partial charge in [-0.25, -0.2) is 9.80 Å². The van der Waals surface area contributed by atoms with Crippen LogP contribution in [0.3, 0.4) is 0 Å². The molecule has 1 amide bonds. The molecule has 3 N–H and O–H groups in total. The van der Waals surface area contributed by atoms with E-state index in [1.807, 2.05) is 0 Å². The lowest BCUT2D eigenvalue weighted by Crippen LogP contribution is -2.47. The first-order valence-electron chi connectivity index (χ1n) is 3.33. The molecule has 0 unspecified atom stereocenters. The van der Waals surface area contributed by atoms with Crippen molar-refractivity contribution < 1.29 is 14.4 Å². The Labute approximate surface area is 64.2 Å². The van der Waals surface area contributed by atoms with E-state index in [0.717, 1.165) is 0 Å². The molecule has 1 fully saturated rings. The van der Waals surface area contributed by atoms with Crippen molar-refractivity contribution in [3.63, 3.8) is 0 Å². The number of hydrazine groups is 1. The zero-order chi connectivity index (χ0) is 8.10. The molecule has 6 heteroatoms. The van der Waals surface area contributed by atoms with Crippen LogP contribution >= 0.6 is 0 Å². The second-order valence-corrected chi connectivity index (χ2v) is 2.11. The maximum absolute atomic E-state index is 10.1. The van der Waals surface area contributed by atoms with Crippen LogP contribution in [-0.4, -0.2) is 37.4 Å². The van der Waals surface area contributed by atoms with Gasteiger partial charge in [0.25, 0.3) is 0 Å². The molecular formula is C5H11N3O3. The van der Waals surface area contributed by atoms with Gasteiger partial charge in [-0.3, -0.25) is 0 Å². The Kier molecular flexibility index (Phi) is 3.09. The van der Waals surface area contributed by atoms with Gasteiger partial charge in [0.05, 0.1) is 13.2 Å². The van der Waals surface area contributed by atoms with Crippen molar-refractivity contribution in [3.8, 4) is 0 Å². The number of carbonyl (C=O) groups excluding carboxylic acids is 1. The normalized spacial score (nSPS) is 19.6. The summed E-state index contributed by atoms with van der Waals surface area (Å²) in [6.45, 7) is 2.64. The lowest BCUT2D eigenvalue weighted by molar-refractivity contribution is -0.0795. The summed E-state index contributed by atoms with van der Waals surface area (Å²) in [6, 6.07) is 0. The molecule has 0 bridgehead atoms. The number of morpholine rings is 1. The van der Waals surface area contributed by atoms with E-state index in [1.165, 1.54) is 0 Å². The molecule has 1 rings (SSSR count). The highest BCUT2D eigenvalue weighted by Gasteiger charge is 2.10. The number of nitrogens with zero attached hydrogens (tertiary/aromatic N) is 1. The number of carbonyl (C=O) groups is 1. The quantitative estimate of drug-likeness (QED) is 0.499. The number of hydrogen-bond acceptors (Lipinski definition) is 5. The summed E-state index contributed by atoms with van der Waals surface area (Å²) in [6.07, 6.45) is -0.837. The minimum absolute atomic E-state index is 0.634. The predicted octanol–water partition coefficient (Wildman–Crippen LogP) is -1.17. The first-order chi connectivity index (χ1) is 5.29. The van der Waals surface area contributed by atoms with E-state index in [9.17, 15) is 4.79 Å². The van der Waals surface area contributed by atoms with E-state index in [4.69, 9.17) is 10.5 Å². The molecule has 0 aromatic carbocycles. The van der Waals surface area contributed by atoms with Crippen molar-refractivity contribution in [2.75, 3.05) is 26.3 Å². The number of nitrogens with one attached hydrogen (secondary N) is 1. The van der Waals surface area contributed by atoms with Crippen LogP contribution in [0, 0.1) is 0 Å². The van der Waals surface area contributed by atoms with E-state index < -0.39 is 6.09 Å². The molecular weight excluding hydrogens is 150 g/mol. The third kappa shape index (κ3) is 3.17. The van der Waals surface area contributed by atoms with Crippen LogP contribution in [0.4, 0.5) is 4.79 Å². The number of primary amides is 1. The zero-order valence-electron chi connectivity index (χ0n) is 6.08. The highest BCUT2D eigenvalue weighted by molar-refractivity contribution is 5.64. The summed E-state index contributed by atoms with van der Waals surface area (Å²) < 4.78 is 5.05. The molecule has 1 saturated heterocycles. The first kappa shape index (κ1) is 8.25. The fourth-order valence-corrected chi connectivity index (χ4v) is 0.764. The van der Waals surface area contributed by atoms with Gasteiger partial charge < -0.3 is 15.3 Å². The highest BCUT2D eigenvalue weighted by atomic mass is 16.7. The maximum Gasteiger partial charge on any atom is 0.424 e. The van der Waals surface area contributed by atoms with Crippen LogP contribution < -0.4 is 11.3 Å². The largest absolute Gasteiger partial charge is 0.424 e. The van der Waals surface area contributed by atoms with Crippen LogP contribution in [0.25, 0.3) is 0 Å². The Balaban J connectivity index is 2.09.